The Morgan fingerprint density at radius 1 is 1.19 bits per heavy atom. The van der Waals surface area contributed by atoms with E-state index in [0.717, 1.165) is 36.2 Å². The Hall–Kier alpha value is -2.69. The van der Waals surface area contributed by atoms with Crippen molar-refractivity contribution in [3.05, 3.63) is 59.7 Å². The van der Waals surface area contributed by atoms with Crippen LogP contribution < -0.4 is 0 Å². The van der Waals surface area contributed by atoms with Gasteiger partial charge in [-0.1, -0.05) is 38.1 Å². The molecule has 1 atom stereocenters. The Morgan fingerprint density at radius 3 is 2.70 bits per heavy atom. The number of hydrogen-bond donors (Lipinski definition) is 0. The van der Waals surface area contributed by atoms with Gasteiger partial charge in [-0.2, -0.15) is 5.10 Å². The lowest BCUT2D eigenvalue weighted by Crippen LogP contribution is -2.40. The van der Waals surface area contributed by atoms with Gasteiger partial charge in [-0.15, -0.1) is 0 Å². The number of nitrogens with zero attached hydrogens (tertiary/aromatic N) is 4. The zero-order chi connectivity index (χ0) is 19.0. The molecule has 0 N–H and O–H groups in total. The number of rotatable bonds is 3. The first-order chi connectivity index (χ1) is 13.0. The number of likely N-dealkylation sites (tertiary alicyclic amines) is 1. The Bertz CT molecular complexity index is 975. The van der Waals surface area contributed by atoms with Crippen LogP contribution in [0, 0.1) is 0 Å². The number of carbonyl (C=O) groups excluding carboxylic acids is 1. The minimum absolute atomic E-state index is 0.0717. The van der Waals surface area contributed by atoms with Crippen molar-refractivity contribution in [3.63, 3.8) is 0 Å². The molecule has 1 saturated heterocycles. The summed E-state index contributed by atoms with van der Waals surface area (Å²) in [7, 11) is 1.85. The predicted octanol–water partition coefficient (Wildman–Crippen LogP) is 4.11. The summed E-state index contributed by atoms with van der Waals surface area (Å²) < 4.78 is 1.72. The van der Waals surface area contributed by atoms with Crippen molar-refractivity contribution in [2.24, 2.45) is 7.05 Å². The van der Waals surface area contributed by atoms with Gasteiger partial charge in [0, 0.05) is 43.3 Å². The molecule has 5 nitrogen and oxygen atoms in total. The molecule has 0 saturated carbocycles. The first-order valence-electron chi connectivity index (χ1n) is 9.71. The van der Waals surface area contributed by atoms with E-state index in [1.807, 2.05) is 30.3 Å². The molecule has 1 aromatic carbocycles. The first kappa shape index (κ1) is 17.7. The Balaban J connectivity index is 1.56. The third-order valence-corrected chi connectivity index (χ3v) is 5.49. The van der Waals surface area contributed by atoms with E-state index < -0.39 is 0 Å². The molecule has 0 aliphatic carbocycles. The highest BCUT2D eigenvalue weighted by molar-refractivity contribution is 5.93. The zero-order valence-electron chi connectivity index (χ0n) is 16.2. The maximum atomic E-state index is 13.1. The number of aryl methyl sites for hydroxylation is 1. The van der Waals surface area contributed by atoms with Crippen molar-refractivity contribution in [2.75, 3.05) is 13.1 Å². The second-order valence-corrected chi connectivity index (χ2v) is 7.78. The first-order valence-corrected chi connectivity index (χ1v) is 9.71. The second kappa shape index (κ2) is 7.14. The lowest BCUT2D eigenvalue weighted by molar-refractivity contribution is 0.0695. The normalized spacial score (nSPS) is 17.6. The molecule has 0 spiro atoms. The van der Waals surface area contributed by atoms with Gasteiger partial charge in [0.2, 0.25) is 0 Å². The molecule has 0 unspecified atom stereocenters. The standard InChI is InChI=1S/C22H26N4O/c1-15(2)19-12-21(25(3)24-19)22(27)26-10-6-9-18(14-26)20-11-16-7-4-5-8-17(16)13-23-20/h4-5,7-8,11-13,15,18H,6,9-10,14H2,1-3H3/t18-/m1/s1. The van der Waals surface area contributed by atoms with Gasteiger partial charge in [0.15, 0.2) is 0 Å². The second-order valence-electron chi connectivity index (χ2n) is 7.78. The monoisotopic (exact) mass is 362 g/mol. The predicted molar refractivity (Wildman–Crippen MR) is 107 cm³/mol. The van der Waals surface area contributed by atoms with E-state index in [1.54, 1.807) is 4.68 Å². The van der Waals surface area contributed by atoms with Crippen molar-refractivity contribution in [1.29, 1.82) is 0 Å². The van der Waals surface area contributed by atoms with Gasteiger partial charge in [0.1, 0.15) is 5.69 Å². The molecule has 27 heavy (non-hydrogen) atoms. The highest BCUT2D eigenvalue weighted by Gasteiger charge is 2.28. The minimum atomic E-state index is 0.0717. The molecular formula is C22H26N4O. The number of pyridine rings is 1. The van der Waals surface area contributed by atoms with E-state index in [9.17, 15) is 4.79 Å². The summed E-state index contributed by atoms with van der Waals surface area (Å²) in [5, 5.41) is 6.86. The molecule has 2 aromatic heterocycles. The Morgan fingerprint density at radius 2 is 1.96 bits per heavy atom. The average molecular weight is 362 g/mol. The smallest absolute Gasteiger partial charge is 0.272 e. The van der Waals surface area contributed by atoms with Crippen LogP contribution in [-0.2, 0) is 7.05 Å². The number of fused-ring (bicyclic) bond motifs is 1. The molecule has 4 rings (SSSR count). The topological polar surface area (TPSA) is 51.0 Å². The third kappa shape index (κ3) is 3.46. The summed E-state index contributed by atoms with van der Waals surface area (Å²) in [6.45, 7) is 5.70. The van der Waals surface area contributed by atoms with Gasteiger partial charge in [-0.25, -0.2) is 0 Å². The molecule has 1 fully saturated rings. The van der Waals surface area contributed by atoms with Gasteiger partial charge in [-0.05, 0) is 36.3 Å². The molecule has 3 heterocycles. The van der Waals surface area contributed by atoms with E-state index in [0.29, 0.717) is 18.2 Å². The third-order valence-electron chi connectivity index (χ3n) is 5.49. The van der Waals surface area contributed by atoms with Crippen molar-refractivity contribution in [1.82, 2.24) is 19.7 Å². The van der Waals surface area contributed by atoms with Crippen molar-refractivity contribution in [3.8, 4) is 0 Å². The molecule has 0 bridgehead atoms. The molecule has 1 aliphatic heterocycles. The minimum Gasteiger partial charge on any atom is -0.337 e. The SMILES string of the molecule is CC(C)c1cc(C(=O)N2CCC[C@@H](c3cc4ccccc4cn3)C2)n(C)n1. The van der Waals surface area contributed by atoms with E-state index in [-0.39, 0.29) is 11.8 Å². The van der Waals surface area contributed by atoms with Crippen molar-refractivity contribution >= 4 is 16.7 Å². The van der Waals surface area contributed by atoms with Crippen LogP contribution in [-0.4, -0.2) is 38.7 Å². The lowest BCUT2D eigenvalue weighted by atomic mass is 9.93. The van der Waals surface area contributed by atoms with E-state index >= 15 is 0 Å². The summed E-state index contributed by atoms with van der Waals surface area (Å²) in [6, 6.07) is 12.4. The Kier molecular flexibility index (Phi) is 4.68. The summed E-state index contributed by atoms with van der Waals surface area (Å²) in [5.41, 5.74) is 2.72. The van der Waals surface area contributed by atoms with Gasteiger partial charge >= 0.3 is 0 Å². The molecular weight excluding hydrogens is 336 g/mol. The van der Waals surface area contributed by atoms with Crippen LogP contribution in [0.1, 0.15) is 60.4 Å². The van der Waals surface area contributed by atoms with Crippen molar-refractivity contribution in [2.45, 2.75) is 38.5 Å². The quantitative estimate of drug-likeness (QED) is 0.704. The number of piperidine rings is 1. The van der Waals surface area contributed by atoms with Gasteiger partial charge in [-0.3, -0.25) is 14.5 Å². The van der Waals surface area contributed by atoms with Gasteiger partial charge < -0.3 is 4.90 Å². The molecule has 140 valence electrons. The number of benzene rings is 1. The average Bonchev–Trinajstić information content (AvgIpc) is 3.09. The summed E-state index contributed by atoms with van der Waals surface area (Å²) >= 11 is 0. The maximum Gasteiger partial charge on any atom is 0.272 e. The van der Waals surface area contributed by atoms with E-state index in [1.165, 1.54) is 5.39 Å². The summed E-state index contributed by atoms with van der Waals surface area (Å²) in [5.74, 6) is 0.668. The Labute approximate surface area is 160 Å². The van der Waals surface area contributed by atoms with Crippen LogP contribution in [0.15, 0.2) is 42.6 Å². The van der Waals surface area contributed by atoms with Crippen LogP contribution in [0.3, 0.4) is 0 Å². The molecule has 1 aliphatic rings. The zero-order valence-corrected chi connectivity index (χ0v) is 16.2. The number of hydrogen-bond acceptors (Lipinski definition) is 3. The summed E-state index contributed by atoms with van der Waals surface area (Å²) in [4.78, 5) is 19.7. The van der Waals surface area contributed by atoms with Crippen LogP contribution in [0.25, 0.3) is 10.8 Å². The molecule has 1 amide bonds. The van der Waals surface area contributed by atoms with Crippen LogP contribution in [0.4, 0.5) is 0 Å². The van der Waals surface area contributed by atoms with Crippen LogP contribution in [0.2, 0.25) is 0 Å². The summed E-state index contributed by atoms with van der Waals surface area (Å²) in [6.07, 6.45) is 4.01. The molecule has 0 radical (unpaired) electrons. The number of amides is 1. The van der Waals surface area contributed by atoms with Crippen LogP contribution in [0.5, 0.6) is 0 Å². The fourth-order valence-electron chi connectivity index (χ4n) is 3.86. The van der Waals surface area contributed by atoms with Gasteiger partial charge in [0.25, 0.3) is 5.91 Å². The van der Waals surface area contributed by atoms with Crippen molar-refractivity contribution < 1.29 is 4.79 Å². The fraction of sp³-hybridized carbons (Fsp3) is 0.409. The number of carbonyl (C=O) groups is 1. The molecule has 5 heteroatoms. The molecule has 3 aromatic rings. The highest BCUT2D eigenvalue weighted by Crippen LogP contribution is 2.28. The lowest BCUT2D eigenvalue weighted by Gasteiger charge is -2.32. The number of aromatic nitrogens is 3. The maximum absolute atomic E-state index is 13.1. The van der Waals surface area contributed by atoms with Crippen LogP contribution >= 0.6 is 0 Å². The van der Waals surface area contributed by atoms with E-state index in [2.05, 4.69) is 48.2 Å². The fourth-order valence-corrected chi connectivity index (χ4v) is 3.86. The van der Waals surface area contributed by atoms with E-state index in [4.69, 9.17) is 0 Å². The largest absolute Gasteiger partial charge is 0.337 e. The van der Waals surface area contributed by atoms with Gasteiger partial charge in [0.05, 0.1) is 5.69 Å². The highest BCUT2D eigenvalue weighted by atomic mass is 16.2.